The summed E-state index contributed by atoms with van der Waals surface area (Å²) in [4.78, 5) is 0. The van der Waals surface area contributed by atoms with Crippen molar-refractivity contribution in [2.24, 2.45) is 0 Å². The van der Waals surface area contributed by atoms with Crippen LogP contribution in [0.25, 0.3) is 0 Å². The molecule has 1 rings (SSSR count). The molecule has 0 saturated heterocycles. The quantitative estimate of drug-likeness (QED) is 0.814. The zero-order chi connectivity index (χ0) is 13.9. The monoisotopic (exact) mass is 264 g/mol. The molecule has 1 aromatic carbocycles. The Morgan fingerprint density at radius 1 is 1.22 bits per heavy atom. The normalized spacial score (nSPS) is 11.6. The lowest BCUT2D eigenvalue weighted by atomic mass is 10.1. The van der Waals surface area contributed by atoms with Crippen molar-refractivity contribution in [2.75, 3.05) is 0 Å². The lowest BCUT2D eigenvalue weighted by Crippen LogP contribution is -2.22. The van der Waals surface area contributed by atoms with E-state index in [1.165, 1.54) is 6.07 Å². The van der Waals surface area contributed by atoms with Gasteiger partial charge in [0, 0.05) is 0 Å². The Kier molecular flexibility index (Phi) is 4.47. The third kappa shape index (κ3) is 4.12. The van der Waals surface area contributed by atoms with E-state index in [-0.39, 0.29) is 11.9 Å². The van der Waals surface area contributed by atoms with Crippen LogP contribution >= 0.6 is 0 Å². The first-order valence-corrected chi connectivity index (χ1v) is 5.11. The minimum absolute atomic E-state index is 0.0251. The number of hydrogen-bond acceptors (Lipinski definition) is 4. The number of ether oxygens (including phenoxy) is 1. The minimum Gasteiger partial charge on any atom is -0.511 e. The summed E-state index contributed by atoms with van der Waals surface area (Å²) >= 11 is 0. The first-order valence-electron chi connectivity index (χ1n) is 5.11. The van der Waals surface area contributed by atoms with Gasteiger partial charge in [0.15, 0.2) is 0 Å². The SMILES string of the molecule is CC(C)Oc1ccc(OB(O)O)c(C(F)(F)F)c1. The minimum atomic E-state index is -4.68. The van der Waals surface area contributed by atoms with Crippen LogP contribution in [0.5, 0.6) is 11.5 Å². The third-order valence-corrected chi connectivity index (χ3v) is 1.86. The van der Waals surface area contributed by atoms with E-state index in [2.05, 4.69) is 4.65 Å². The van der Waals surface area contributed by atoms with Crippen molar-refractivity contribution in [3.8, 4) is 11.5 Å². The standard InChI is InChI=1S/C10H12BF3O4/c1-6(2)17-7-3-4-9(18-11(15)16)8(5-7)10(12,13)14/h3-6,15-16H,1-2H3. The van der Waals surface area contributed by atoms with Gasteiger partial charge in [0.2, 0.25) is 0 Å². The van der Waals surface area contributed by atoms with Gasteiger partial charge >= 0.3 is 13.5 Å². The van der Waals surface area contributed by atoms with Crippen LogP contribution in [0, 0.1) is 0 Å². The van der Waals surface area contributed by atoms with Gasteiger partial charge in [0.25, 0.3) is 0 Å². The van der Waals surface area contributed by atoms with Crippen LogP contribution in [0.3, 0.4) is 0 Å². The Bertz CT molecular complexity index is 407. The zero-order valence-corrected chi connectivity index (χ0v) is 9.73. The van der Waals surface area contributed by atoms with E-state index in [1.54, 1.807) is 13.8 Å². The van der Waals surface area contributed by atoms with E-state index < -0.39 is 24.8 Å². The average Bonchev–Trinajstić information content (AvgIpc) is 2.17. The molecule has 0 aliphatic heterocycles. The van der Waals surface area contributed by atoms with Crippen molar-refractivity contribution in [1.29, 1.82) is 0 Å². The molecule has 0 spiro atoms. The number of hydrogen-bond donors (Lipinski definition) is 2. The fourth-order valence-electron chi connectivity index (χ4n) is 1.29. The molecule has 18 heavy (non-hydrogen) atoms. The second-order valence-corrected chi connectivity index (χ2v) is 3.77. The predicted molar refractivity (Wildman–Crippen MR) is 58.0 cm³/mol. The summed E-state index contributed by atoms with van der Waals surface area (Å²) in [6.45, 7) is 3.35. The van der Waals surface area contributed by atoms with Gasteiger partial charge in [-0.1, -0.05) is 0 Å². The molecular weight excluding hydrogens is 252 g/mol. The molecule has 0 aromatic heterocycles. The van der Waals surface area contributed by atoms with E-state index in [0.29, 0.717) is 0 Å². The maximum atomic E-state index is 12.7. The van der Waals surface area contributed by atoms with Crippen LogP contribution < -0.4 is 9.39 Å². The summed E-state index contributed by atoms with van der Waals surface area (Å²) in [5.41, 5.74) is -1.13. The van der Waals surface area contributed by atoms with Crippen LogP contribution in [0.2, 0.25) is 0 Å². The molecule has 0 unspecified atom stereocenters. The van der Waals surface area contributed by atoms with Gasteiger partial charge in [0.05, 0.1) is 11.7 Å². The molecule has 0 heterocycles. The summed E-state index contributed by atoms with van der Waals surface area (Å²) in [6.07, 6.45) is -4.96. The summed E-state index contributed by atoms with van der Waals surface area (Å²) in [7, 11) is -2.32. The van der Waals surface area contributed by atoms with Gasteiger partial charge in [-0.05, 0) is 32.0 Å². The summed E-state index contributed by atoms with van der Waals surface area (Å²) in [5.74, 6) is -0.647. The smallest absolute Gasteiger partial charge is 0.511 e. The molecule has 0 amide bonds. The molecule has 0 aliphatic rings. The highest BCUT2D eigenvalue weighted by Gasteiger charge is 2.36. The maximum absolute atomic E-state index is 12.7. The van der Waals surface area contributed by atoms with Gasteiger partial charge in [-0.2, -0.15) is 13.2 Å². The van der Waals surface area contributed by atoms with Crippen LogP contribution in [-0.2, 0) is 6.18 Å². The molecule has 4 nitrogen and oxygen atoms in total. The molecule has 0 atom stereocenters. The van der Waals surface area contributed by atoms with Gasteiger partial charge in [-0.3, -0.25) is 0 Å². The summed E-state index contributed by atoms with van der Waals surface area (Å²) in [6, 6.07) is 2.98. The lowest BCUT2D eigenvalue weighted by molar-refractivity contribution is -0.138. The molecule has 100 valence electrons. The van der Waals surface area contributed by atoms with Gasteiger partial charge in [-0.15, -0.1) is 0 Å². The molecule has 8 heteroatoms. The van der Waals surface area contributed by atoms with E-state index in [9.17, 15) is 13.2 Å². The second-order valence-electron chi connectivity index (χ2n) is 3.77. The van der Waals surface area contributed by atoms with Crippen molar-refractivity contribution in [3.05, 3.63) is 23.8 Å². The van der Waals surface area contributed by atoms with E-state index in [1.807, 2.05) is 0 Å². The fraction of sp³-hybridized carbons (Fsp3) is 0.400. The number of benzene rings is 1. The van der Waals surface area contributed by atoms with E-state index in [0.717, 1.165) is 12.1 Å². The van der Waals surface area contributed by atoms with Crippen LogP contribution in [0.15, 0.2) is 18.2 Å². The van der Waals surface area contributed by atoms with Crippen molar-refractivity contribution in [3.63, 3.8) is 0 Å². The Hall–Kier alpha value is -1.41. The Morgan fingerprint density at radius 3 is 2.28 bits per heavy atom. The Labute approximate surface area is 102 Å². The van der Waals surface area contributed by atoms with Gasteiger partial charge in [0.1, 0.15) is 11.5 Å². The number of rotatable bonds is 4. The molecule has 0 aliphatic carbocycles. The number of halogens is 3. The highest BCUT2D eigenvalue weighted by atomic mass is 19.4. The highest BCUT2D eigenvalue weighted by molar-refractivity contribution is 6.33. The molecule has 0 radical (unpaired) electrons. The van der Waals surface area contributed by atoms with E-state index in [4.69, 9.17) is 14.8 Å². The highest BCUT2D eigenvalue weighted by Crippen LogP contribution is 2.38. The first kappa shape index (κ1) is 14.7. The average molecular weight is 264 g/mol. The topological polar surface area (TPSA) is 58.9 Å². The largest absolute Gasteiger partial charge is 0.707 e. The van der Waals surface area contributed by atoms with Crippen LogP contribution in [0.1, 0.15) is 19.4 Å². The van der Waals surface area contributed by atoms with Crippen molar-refractivity contribution in [1.82, 2.24) is 0 Å². The second kappa shape index (κ2) is 5.49. The molecule has 0 bridgehead atoms. The molecule has 1 aromatic rings. The van der Waals surface area contributed by atoms with Gasteiger partial charge < -0.3 is 19.4 Å². The fourth-order valence-corrected chi connectivity index (χ4v) is 1.29. The van der Waals surface area contributed by atoms with Crippen molar-refractivity contribution in [2.45, 2.75) is 26.1 Å². The van der Waals surface area contributed by atoms with Crippen molar-refractivity contribution >= 4 is 7.32 Å². The number of alkyl halides is 3. The van der Waals surface area contributed by atoms with Gasteiger partial charge in [-0.25, -0.2) is 0 Å². The van der Waals surface area contributed by atoms with Crippen LogP contribution in [0.4, 0.5) is 13.2 Å². The molecule has 0 saturated carbocycles. The predicted octanol–water partition coefficient (Wildman–Crippen LogP) is 1.84. The first-order chi connectivity index (χ1) is 8.20. The van der Waals surface area contributed by atoms with Crippen molar-refractivity contribution < 1.29 is 32.6 Å². The summed E-state index contributed by atoms with van der Waals surface area (Å²) < 4.78 is 47.5. The molecular formula is C10H12BF3O4. The summed E-state index contributed by atoms with van der Waals surface area (Å²) in [5, 5.41) is 17.1. The van der Waals surface area contributed by atoms with Crippen LogP contribution in [-0.4, -0.2) is 23.5 Å². The Morgan fingerprint density at radius 2 is 1.83 bits per heavy atom. The third-order valence-electron chi connectivity index (χ3n) is 1.86. The maximum Gasteiger partial charge on any atom is 0.707 e. The van der Waals surface area contributed by atoms with E-state index >= 15 is 0 Å². The zero-order valence-electron chi connectivity index (χ0n) is 9.73. The molecule has 0 fully saturated rings. The molecule has 2 N–H and O–H groups in total. The Balaban J connectivity index is 3.12. The lowest BCUT2D eigenvalue weighted by Gasteiger charge is -2.16.